The first-order valence-electron chi connectivity index (χ1n) is 6.35. The number of halogens is 2. The molecule has 0 unspecified atom stereocenters. The molecule has 1 N–H and O–H groups in total. The average molecular weight is 297 g/mol. The SMILES string of the molecule is Cc1cc(CNCc2ccccc2OC(F)F)c(C)s1. The first-order valence-corrected chi connectivity index (χ1v) is 7.17. The fourth-order valence-electron chi connectivity index (χ4n) is 2.05. The summed E-state index contributed by atoms with van der Waals surface area (Å²) in [5, 5.41) is 3.27. The maximum absolute atomic E-state index is 12.3. The highest BCUT2D eigenvalue weighted by molar-refractivity contribution is 7.12. The van der Waals surface area contributed by atoms with Gasteiger partial charge in [-0.1, -0.05) is 18.2 Å². The van der Waals surface area contributed by atoms with Gasteiger partial charge in [-0.2, -0.15) is 8.78 Å². The van der Waals surface area contributed by atoms with Gasteiger partial charge >= 0.3 is 6.61 Å². The predicted octanol–water partition coefficient (Wildman–Crippen LogP) is 4.26. The molecule has 0 radical (unpaired) electrons. The largest absolute Gasteiger partial charge is 0.434 e. The topological polar surface area (TPSA) is 21.3 Å². The molecule has 0 aliphatic rings. The molecule has 0 atom stereocenters. The Morgan fingerprint density at radius 3 is 2.50 bits per heavy atom. The fourth-order valence-corrected chi connectivity index (χ4v) is 3.00. The minimum absolute atomic E-state index is 0.230. The number of para-hydroxylation sites is 1. The molecule has 0 saturated carbocycles. The van der Waals surface area contributed by atoms with Gasteiger partial charge in [0, 0.05) is 28.4 Å². The number of hydrogen-bond acceptors (Lipinski definition) is 3. The van der Waals surface area contributed by atoms with E-state index in [2.05, 4.69) is 30.0 Å². The number of alkyl halides is 2. The highest BCUT2D eigenvalue weighted by atomic mass is 32.1. The van der Waals surface area contributed by atoms with Crippen LogP contribution < -0.4 is 10.1 Å². The van der Waals surface area contributed by atoms with Crippen molar-refractivity contribution in [3.05, 3.63) is 51.2 Å². The van der Waals surface area contributed by atoms with Gasteiger partial charge in [-0.05, 0) is 31.5 Å². The van der Waals surface area contributed by atoms with Crippen LogP contribution in [0.3, 0.4) is 0 Å². The summed E-state index contributed by atoms with van der Waals surface area (Å²) in [6.45, 7) is 2.59. The number of hydrogen-bond donors (Lipinski definition) is 1. The van der Waals surface area contributed by atoms with E-state index < -0.39 is 6.61 Å². The number of thiophene rings is 1. The molecule has 0 amide bonds. The van der Waals surface area contributed by atoms with E-state index in [1.807, 2.05) is 6.07 Å². The third-order valence-corrected chi connectivity index (χ3v) is 3.97. The Morgan fingerprint density at radius 2 is 1.85 bits per heavy atom. The molecule has 0 spiro atoms. The van der Waals surface area contributed by atoms with Crippen LogP contribution in [0.15, 0.2) is 30.3 Å². The molecule has 0 aliphatic heterocycles. The van der Waals surface area contributed by atoms with E-state index in [1.165, 1.54) is 15.3 Å². The Hall–Kier alpha value is -1.46. The third kappa shape index (κ3) is 4.02. The molecular formula is C15H17F2NOS. The van der Waals surface area contributed by atoms with Crippen molar-refractivity contribution in [2.75, 3.05) is 0 Å². The van der Waals surface area contributed by atoms with Gasteiger partial charge in [0.1, 0.15) is 5.75 Å². The first-order chi connectivity index (χ1) is 9.56. The van der Waals surface area contributed by atoms with Crippen molar-refractivity contribution in [3.8, 4) is 5.75 Å². The quantitative estimate of drug-likeness (QED) is 0.860. The maximum Gasteiger partial charge on any atom is 0.387 e. The minimum Gasteiger partial charge on any atom is -0.434 e. The van der Waals surface area contributed by atoms with E-state index in [1.54, 1.807) is 29.5 Å². The lowest BCUT2D eigenvalue weighted by atomic mass is 10.2. The summed E-state index contributed by atoms with van der Waals surface area (Å²) >= 11 is 1.76. The van der Waals surface area contributed by atoms with Crippen LogP contribution in [0.4, 0.5) is 8.78 Å². The molecule has 0 fully saturated rings. The van der Waals surface area contributed by atoms with Crippen molar-refractivity contribution >= 4 is 11.3 Å². The smallest absolute Gasteiger partial charge is 0.387 e. The van der Waals surface area contributed by atoms with Crippen LogP contribution in [0.1, 0.15) is 20.9 Å². The second-order valence-corrected chi connectivity index (χ2v) is 5.99. The van der Waals surface area contributed by atoms with Crippen molar-refractivity contribution in [2.45, 2.75) is 33.5 Å². The average Bonchev–Trinajstić information content (AvgIpc) is 2.69. The summed E-state index contributed by atoms with van der Waals surface area (Å²) in [5.41, 5.74) is 1.98. The lowest BCUT2D eigenvalue weighted by molar-refractivity contribution is -0.0505. The zero-order chi connectivity index (χ0) is 14.5. The molecule has 2 rings (SSSR count). The van der Waals surface area contributed by atoms with Gasteiger partial charge in [-0.25, -0.2) is 0 Å². The van der Waals surface area contributed by atoms with E-state index in [4.69, 9.17) is 0 Å². The lowest BCUT2D eigenvalue weighted by Gasteiger charge is -2.11. The zero-order valence-corrected chi connectivity index (χ0v) is 12.3. The molecule has 2 nitrogen and oxygen atoms in total. The van der Waals surface area contributed by atoms with Crippen LogP contribution in [-0.4, -0.2) is 6.61 Å². The monoisotopic (exact) mass is 297 g/mol. The third-order valence-electron chi connectivity index (χ3n) is 2.96. The Labute approximate surface area is 121 Å². The van der Waals surface area contributed by atoms with Crippen molar-refractivity contribution in [1.82, 2.24) is 5.32 Å². The van der Waals surface area contributed by atoms with E-state index in [-0.39, 0.29) is 5.75 Å². The van der Waals surface area contributed by atoms with Gasteiger partial charge in [0.05, 0.1) is 0 Å². The van der Waals surface area contributed by atoms with Gasteiger partial charge in [0.15, 0.2) is 0 Å². The summed E-state index contributed by atoms with van der Waals surface area (Å²) in [5.74, 6) is 0.230. The number of benzene rings is 1. The van der Waals surface area contributed by atoms with Crippen molar-refractivity contribution < 1.29 is 13.5 Å². The number of nitrogens with one attached hydrogen (secondary N) is 1. The summed E-state index contributed by atoms with van der Waals surface area (Å²) < 4.78 is 29.1. The Bertz CT molecular complexity index is 569. The second kappa shape index (κ2) is 6.81. The summed E-state index contributed by atoms with van der Waals surface area (Å²) in [6.07, 6.45) is 0. The molecule has 108 valence electrons. The summed E-state index contributed by atoms with van der Waals surface area (Å²) in [4.78, 5) is 2.56. The van der Waals surface area contributed by atoms with Crippen LogP contribution in [0.2, 0.25) is 0 Å². The van der Waals surface area contributed by atoms with Crippen LogP contribution in [0.5, 0.6) is 5.75 Å². The lowest BCUT2D eigenvalue weighted by Crippen LogP contribution is -2.14. The van der Waals surface area contributed by atoms with E-state index in [0.717, 1.165) is 12.1 Å². The Balaban J connectivity index is 1.95. The summed E-state index contributed by atoms with van der Waals surface area (Å²) in [7, 11) is 0. The minimum atomic E-state index is -2.79. The molecule has 1 aromatic heterocycles. The first kappa shape index (κ1) is 14.9. The van der Waals surface area contributed by atoms with Crippen LogP contribution >= 0.6 is 11.3 Å². The molecular weight excluding hydrogens is 280 g/mol. The number of rotatable bonds is 6. The van der Waals surface area contributed by atoms with Gasteiger partial charge in [-0.3, -0.25) is 0 Å². The molecule has 20 heavy (non-hydrogen) atoms. The Kier molecular flexibility index (Phi) is 5.09. The maximum atomic E-state index is 12.3. The summed E-state index contributed by atoms with van der Waals surface area (Å²) in [6, 6.07) is 9.00. The van der Waals surface area contributed by atoms with Gasteiger partial charge in [-0.15, -0.1) is 11.3 Å². The number of aryl methyl sites for hydroxylation is 2. The van der Waals surface area contributed by atoms with Crippen LogP contribution in [0, 0.1) is 13.8 Å². The molecule has 0 bridgehead atoms. The normalized spacial score (nSPS) is 11.1. The zero-order valence-electron chi connectivity index (χ0n) is 11.5. The predicted molar refractivity (Wildman–Crippen MR) is 77.4 cm³/mol. The van der Waals surface area contributed by atoms with E-state index >= 15 is 0 Å². The fraction of sp³-hybridized carbons (Fsp3) is 0.333. The van der Waals surface area contributed by atoms with Gasteiger partial charge < -0.3 is 10.1 Å². The van der Waals surface area contributed by atoms with Crippen molar-refractivity contribution in [2.24, 2.45) is 0 Å². The molecule has 1 aromatic carbocycles. The molecule has 2 aromatic rings. The molecule has 0 aliphatic carbocycles. The number of ether oxygens (including phenoxy) is 1. The van der Waals surface area contributed by atoms with Crippen LogP contribution in [0.25, 0.3) is 0 Å². The Morgan fingerprint density at radius 1 is 1.15 bits per heavy atom. The van der Waals surface area contributed by atoms with E-state index in [9.17, 15) is 8.78 Å². The molecule has 1 heterocycles. The van der Waals surface area contributed by atoms with Gasteiger partial charge in [0.25, 0.3) is 0 Å². The van der Waals surface area contributed by atoms with Gasteiger partial charge in [0.2, 0.25) is 0 Å². The van der Waals surface area contributed by atoms with Crippen LogP contribution in [-0.2, 0) is 13.1 Å². The van der Waals surface area contributed by atoms with E-state index in [0.29, 0.717) is 6.54 Å². The highest BCUT2D eigenvalue weighted by Gasteiger charge is 2.09. The molecule has 0 saturated heterocycles. The molecule has 5 heteroatoms. The highest BCUT2D eigenvalue weighted by Crippen LogP contribution is 2.22. The standard InChI is InChI=1S/C15H17F2NOS/c1-10-7-13(11(2)20-10)9-18-8-12-5-3-4-6-14(12)19-15(16)17/h3-7,15,18H,8-9H2,1-2H3. The van der Waals surface area contributed by atoms with Crippen molar-refractivity contribution in [1.29, 1.82) is 0 Å². The van der Waals surface area contributed by atoms with Crippen molar-refractivity contribution in [3.63, 3.8) is 0 Å². The second-order valence-electron chi connectivity index (χ2n) is 4.53.